The number of benzene rings is 2. The third-order valence-corrected chi connectivity index (χ3v) is 1.93. The van der Waals surface area contributed by atoms with E-state index in [1.54, 1.807) is 0 Å². The van der Waals surface area contributed by atoms with Gasteiger partial charge in [0.1, 0.15) is 0 Å². The molecule has 0 saturated heterocycles. The minimum atomic E-state index is 0. The Kier molecular flexibility index (Phi) is 8.08. The minimum absolute atomic E-state index is 0. The van der Waals surface area contributed by atoms with Gasteiger partial charge in [0.15, 0.2) is 0 Å². The van der Waals surface area contributed by atoms with Crippen molar-refractivity contribution in [3.63, 3.8) is 0 Å². The van der Waals surface area contributed by atoms with Crippen molar-refractivity contribution < 1.29 is 17.1 Å². The molecule has 2 aromatic carbocycles. The first-order chi connectivity index (χ1) is 6.95. The zero-order valence-electron chi connectivity index (χ0n) is 8.90. The molecule has 0 spiro atoms. The second-order valence-electron chi connectivity index (χ2n) is 3.01. The summed E-state index contributed by atoms with van der Waals surface area (Å²) < 4.78 is 5.56. The number of halogens is 1. The van der Waals surface area contributed by atoms with E-state index in [0.717, 1.165) is 5.75 Å². The summed E-state index contributed by atoms with van der Waals surface area (Å²) in [4.78, 5) is 0. The summed E-state index contributed by atoms with van der Waals surface area (Å²) >= 11 is 0. The van der Waals surface area contributed by atoms with Crippen LogP contribution in [0.15, 0.2) is 54.6 Å². The molecule has 78 valence electrons. The van der Waals surface area contributed by atoms with Gasteiger partial charge in [-0.2, -0.15) is 18.2 Å². The molecule has 0 aromatic heterocycles. The van der Waals surface area contributed by atoms with Gasteiger partial charge in [0, 0.05) is 5.75 Å². The molecular weight excluding hydrogens is 232 g/mol. The van der Waals surface area contributed by atoms with E-state index < -0.39 is 0 Å². The topological polar surface area (TPSA) is 9.23 Å². The Balaban J connectivity index is 0.00000112. The van der Waals surface area contributed by atoms with Gasteiger partial charge in [-0.1, -0.05) is 30.3 Å². The molecule has 0 bridgehead atoms. The van der Waals surface area contributed by atoms with E-state index in [4.69, 9.17) is 4.74 Å². The Hall–Kier alpha value is -0.704. The van der Waals surface area contributed by atoms with Crippen molar-refractivity contribution in [2.24, 2.45) is 0 Å². The average Bonchev–Trinajstić information content (AvgIpc) is 2.29. The molecule has 0 saturated carbocycles. The monoisotopic (exact) mass is 242 g/mol. The van der Waals surface area contributed by atoms with Gasteiger partial charge >= 0.3 is 23.1 Å². The predicted molar refractivity (Wildman–Crippen MR) is 61.8 cm³/mol. The van der Waals surface area contributed by atoms with Crippen LogP contribution in [0.4, 0.5) is 0 Å². The van der Waals surface area contributed by atoms with Crippen molar-refractivity contribution in [1.82, 2.24) is 0 Å². The first-order valence-electron chi connectivity index (χ1n) is 4.58. The molecule has 0 radical (unpaired) electrons. The third-order valence-electron chi connectivity index (χ3n) is 1.93. The summed E-state index contributed by atoms with van der Waals surface area (Å²) in [7, 11) is 0. The molecule has 2 aromatic rings. The standard InChI is InChI=1S/C13H11O.ClH.Mg/c1-3-7-12(8-4-1)11-14-13-9-5-2-6-10-13;;/h1-5,7-10H,11H2;1H;/q-1;;+2/p-1. The Bertz CT molecular complexity index is 338. The van der Waals surface area contributed by atoms with Crippen LogP contribution in [-0.4, -0.2) is 23.1 Å². The van der Waals surface area contributed by atoms with E-state index in [2.05, 4.69) is 6.07 Å². The normalized spacial score (nSPS) is 8.50. The zero-order valence-corrected chi connectivity index (χ0v) is 11.1. The molecule has 3 heteroatoms. The first-order valence-corrected chi connectivity index (χ1v) is 4.58. The van der Waals surface area contributed by atoms with E-state index in [0.29, 0.717) is 6.61 Å². The summed E-state index contributed by atoms with van der Waals surface area (Å²) in [6.45, 7) is 0.610. The van der Waals surface area contributed by atoms with Gasteiger partial charge in [-0.05, 0) is 5.56 Å². The molecule has 1 nitrogen and oxygen atoms in total. The van der Waals surface area contributed by atoms with Crippen molar-refractivity contribution in [2.75, 3.05) is 0 Å². The number of hydrogen-bond donors (Lipinski definition) is 0. The predicted octanol–water partition coefficient (Wildman–Crippen LogP) is -0.311. The first kappa shape index (κ1) is 15.3. The van der Waals surface area contributed by atoms with Crippen LogP contribution >= 0.6 is 0 Å². The van der Waals surface area contributed by atoms with Gasteiger partial charge in [0.25, 0.3) is 0 Å². The molecule has 0 aliphatic rings. The van der Waals surface area contributed by atoms with Crippen LogP contribution in [0, 0.1) is 6.07 Å². The SMILES string of the molecule is [Cl-].[Mg+2].[c-]1cccc(OCc2ccccc2)c1. The molecule has 16 heavy (non-hydrogen) atoms. The maximum Gasteiger partial charge on any atom is 2.00 e. The van der Waals surface area contributed by atoms with Crippen LogP contribution in [-0.2, 0) is 6.61 Å². The summed E-state index contributed by atoms with van der Waals surface area (Å²) in [5.41, 5.74) is 1.18. The van der Waals surface area contributed by atoms with Crippen LogP contribution in [0.3, 0.4) is 0 Å². The fraction of sp³-hybridized carbons (Fsp3) is 0.0769. The fourth-order valence-corrected chi connectivity index (χ4v) is 1.21. The smallest absolute Gasteiger partial charge is 1.00 e. The third kappa shape index (κ3) is 4.88. The maximum atomic E-state index is 5.56. The quantitative estimate of drug-likeness (QED) is 0.530. The van der Waals surface area contributed by atoms with Gasteiger partial charge in [-0.25, -0.2) is 0 Å². The molecular formula is C13H11ClMgO. The second kappa shape index (κ2) is 8.45. The van der Waals surface area contributed by atoms with E-state index in [9.17, 15) is 0 Å². The van der Waals surface area contributed by atoms with Crippen LogP contribution in [0.5, 0.6) is 5.75 Å². The number of rotatable bonds is 3. The van der Waals surface area contributed by atoms with Crippen molar-refractivity contribution in [3.05, 3.63) is 66.2 Å². The Morgan fingerprint density at radius 1 is 1.00 bits per heavy atom. The second-order valence-corrected chi connectivity index (χ2v) is 3.01. The molecule has 0 aliphatic carbocycles. The molecule has 0 fully saturated rings. The molecule has 0 amide bonds. The van der Waals surface area contributed by atoms with E-state index >= 15 is 0 Å². The molecule has 0 atom stereocenters. The van der Waals surface area contributed by atoms with Crippen LogP contribution in [0.2, 0.25) is 0 Å². The Morgan fingerprint density at radius 2 is 1.75 bits per heavy atom. The summed E-state index contributed by atoms with van der Waals surface area (Å²) in [5, 5.41) is 0. The largest absolute Gasteiger partial charge is 2.00 e. The van der Waals surface area contributed by atoms with E-state index in [-0.39, 0.29) is 35.5 Å². The molecule has 0 aliphatic heterocycles. The van der Waals surface area contributed by atoms with Crippen molar-refractivity contribution in [1.29, 1.82) is 0 Å². The zero-order chi connectivity index (χ0) is 9.64. The van der Waals surface area contributed by atoms with Gasteiger partial charge in [-0.3, -0.25) is 0 Å². The van der Waals surface area contributed by atoms with Gasteiger partial charge in [-0.15, -0.1) is 12.1 Å². The van der Waals surface area contributed by atoms with E-state index in [1.807, 2.05) is 54.6 Å². The molecule has 0 unspecified atom stereocenters. The van der Waals surface area contributed by atoms with Crippen LogP contribution in [0.25, 0.3) is 0 Å². The molecule has 0 heterocycles. The van der Waals surface area contributed by atoms with E-state index in [1.165, 1.54) is 5.56 Å². The van der Waals surface area contributed by atoms with Gasteiger partial charge < -0.3 is 17.1 Å². The van der Waals surface area contributed by atoms with Crippen molar-refractivity contribution >= 4 is 23.1 Å². The number of ether oxygens (including phenoxy) is 1. The number of hydrogen-bond acceptors (Lipinski definition) is 1. The van der Waals surface area contributed by atoms with Crippen molar-refractivity contribution in [2.45, 2.75) is 6.61 Å². The van der Waals surface area contributed by atoms with Crippen molar-refractivity contribution in [3.8, 4) is 5.75 Å². The van der Waals surface area contributed by atoms with Crippen LogP contribution < -0.4 is 17.1 Å². The van der Waals surface area contributed by atoms with Gasteiger partial charge in [0.2, 0.25) is 0 Å². The Labute approximate surface area is 118 Å². The summed E-state index contributed by atoms with van der Waals surface area (Å²) in [6, 6.07) is 20.6. The minimum Gasteiger partial charge on any atom is -1.00 e. The molecule has 0 N–H and O–H groups in total. The molecule has 2 rings (SSSR count). The maximum absolute atomic E-state index is 5.56. The fourth-order valence-electron chi connectivity index (χ4n) is 1.21. The van der Waals surface area contributed by atoms with Gasteiger partial charge in [0.05, 0.1) is 6.61 Å². The summed E-state index contributed by atoms with van der Waals surface area (Å²) in [6.07, 6.45) is 0. The summed E-state index contributed by atoms with van der Waals surface area (Å²) in [5.74, 6) is 0.858. The van der Waals surface area contributed by atoms with Crippen LogP contribution in [0.1, 0.15) is 5.56 Å². The Morgan fingerprint density at radius 3 is 2.38 bits per heavy atom. The average molecular weight is 243 g/mol.